The Morgan fingerprint density at radius 2 is 2.10 bits per heavy atom. The molecule has 0 aliphatic heterocycles. The van der Waals surface area contributed by atoms with Crippen LogP contribution in [0.1, 0.15) is 25.5 Å². The standard InChI is InChI=1S/C14H18N2O4S/c1-3-15-13(14(17)18)11-8-16-12-6-5-9(7-10(11)12)21(19,20)4-2/h5-8,13,15-16H,3-4H2,1-2H3,(H,17,18). The largest absolute Gasteiger partial charge is 0.480 e. The lowest BCUT2D eigenvalue weighted by Crippen LogP contribution is -2.28. The molecule has 1 heterocycles. The van der Waals surface area contributed by atoms with Gasteiger partial charge >= 0.3 is 5.97 Å². The maximum atomic E-state index is 12.0. The molecular formula is C14H18N2O4S. The molecule has 7 heteroatoms. The summed E-state index contributed by atoms with van der Waals surface area (Å²) >= 11 is 0. The number of carboxylic acids is 1. The molecule has 0 radical (unpaired) electrons. The topological polar surface area (TPSA) is 99.3 Å². The van der Waals surface area contributed by atoms with Crippen molar-refractivity contribution in [2.45, 2.75) is 24.8 Å². The molecule has 2 rings (SSSR count). The lowest BCUT2D eigenvalue weighted by Gasteiger charge is -2.12. The first-order chi connectivity index (χ1) is 9.90. The molecule has 1 atom stereocenters. The van der Waals surface area contributed by atoms with Crippen molar-refractivity contribution in [1.82, 2.24) is 10.3 Å². The van der Waals surface area contributed by atoms with Crippen molar-refractivity contribution >= 4 is 26.7 Å². The van der Waals surface area contributed by atoms with Gasteiger partial charge in [-0.3, -0.25) is 4.79 Å². The average molecular weight is 310 g/mol. The Kier molecular flexibility index (Phi) is 4.34. The Balaban J connectivity index is 2.61. The number of sulfone groups is 1. The van der Waals surface area contributed by atoms with Crippen molar-refractivity contribution in [2.24, 2.45) is 0 Å². The Bertz CT molecular complexity index is 764. The second-order valence-corrected chi connectivity index (χ2v) is 6.96. The number of hydrogen-bond acceptors (Lipinski definition) is 4. The van der Waals surface area contributed by atoms with Crippen LogP contribution in [-0.4, -0.2) is 36.8 Å². The van der Waals surface area contributed by atoms with E-state index >= 15 is 0 Å². The van der Waals surface area contributed by atoms with Crippen LogP contribution in [0.5, 0.6) is 0 Å². The zero-order valence-electron chi connectivity index (χ0n) is 11.9. The lowest BCUT2D eigenvalue weighted by molar-refractivity contribution is -0.139. The molecule has 2 aromatic rings. The molecule has 6 nitrogen and oxygen atoms in total. The summed E-state index contributed by atoms with van der Waals surface area (Å²) in [6, 6.07) is 3.85. The smallest absolute Gasteiger partial charge is 0.325 e. The summed E-state index contributed by atoms with van der Waals surface area (Å²) in [5.41, 5.74) is 1.25. The molecule has 0 spiro atoms. The van der Waals surface area contributed by atoms with Gasteiger partial charge in [0.05, 0.1) is 10.6 Å². The van der Waals surface area contributed by atoms with E-state index in [1.54, 1.807) is 19.2 Å². The summed E-state index contributed by atoms with van der Waals surface area (Å²) < 4.78 is 23.9. The number of rotatable bonds is 6. The molecule has 0 aliphatic carbocycles. The van der Waals surface area contributed by atoms with Gasteiger partial charge in [-0.05, 0) is 24.7 Å². The highest BCUT2D eigenvalue weighted by Gasteiger charge is 2.23. The summed E-state index contributed by atoms with van der Waals surface area (Å²) in [4.78, 5) is 14.6. The van der Waals surface area contributed by atoms with Crippen molar-refractivity contribution in [3.05, 3.63) is 30.0 Å². The van der Waals surface area contributed by atoms with Crippen LogP contribution in [0.25, 0.3) is 10.9 Å². The number of hydrogen-bond donors (Lipinski definition) is 3. The molecular weight excluding hydrogens is 292 g/mol. The van der Waals surface area contributed by atoms with E-state index in [-0.39, 0.29) is 10.6 Å². The second kappa shape index (κ2) is 5.87. The van der Waals surface area contributed by atoms with Crippen LogP contribution in [-0.2, 0) is 14.6 Å². The molecule has 0 saturated heterocycles. The van der Waals surface area contributed by atoms with Gasteiger partial charge < -0.3 is 15.4 Å². The maximum Gasteiger partial charge on any atom is 0.325 e. The van der Waals surface area contributed by atoms with Crippen molar-refractivity contribution < 1.29 is 18.3 Å². The fourth-order valence-corrected chi connectivity index (χ4v) is 3.16. The van der Waals surface area contributed by atoms with Gasteiger partial charge in [0.15, 0.2) is 9.84 Å². The molecule has 1 unspecified atom stereocenters. The Morgan fingerprint density at radius 1 is 1.38 bits per heavy atom. The van der Waals surface area contributed by atoms with Gasteiger partial charge in [-0.2, -0.15) is 0 Å². The van der Waals surface area contributed by atoms with E-state index in [0.717, 1.165) is 0 Å². The zero-order valence-corrected chi connectivity index (χ0v) is 12.7. The molecule has 1 aromatic carbocycles. The number of nitrogens with one attached hydrogen (secondary N) is 2. The summed E-state index contributed by atoms with van der Waals surface area (Å²) in [6.45, 7) is 3.89. The fraction of sp³-hybridized carbons (Fsp3) is 0.357. The molecule has 1 aromatic heterocycles. The van der Waals surface area contributed by atoms with Crippen LogP contribution < -0.4 is 5.32 Å². The molecule has 0 aliphatic rings. The number of aromatic nitrogens is 1. The van der Waals surface area contributed by atoms with E-state index in [9.17, 15) is 18.3 Å². The molecule has 21 heavy (non-hydrogen) atoms. The lowest BCUT2D eigenvalue weighted by atomic mass is 10.1. The first-order valence-corrected chi connectivity index (χ1v) is 8.36. The minimum atomic E-state index is -3.32. The zero-order chi connectivity index (χ0) is 15.6. The summed E-state index contributed by atoms with van der Waals surface area (Å²) in [5, 5.41) is 12.8. The summed E-state index contributed by atoms with van der Waals surface area (Å²) in [6.07, 6.45) is 1.61. The third-order valence-electron chi connectivity index (χ3n) is 3.39. The van der Waals surface area contributed by atoms with Gasteiger partial charge in [-0.25, -0.2) is 8.42 Å². The number of likely N-dealkylation sites (N-methyl/N-ethyl adjacent to an activating group) is 1. The fourth-order valence-electron chi connectivity index (χ4n) is 2.25. The van der Waals surface area contributed by atoms with Crippen molar-refractivity contribution in [3.8, 4) is 0 Å². The number of aliphatic carboxylic acids is 1. The number of H-pyrrole nitrogens is 1. The molecule has 0 amide bonds. The number of aromatic amines is 1. The van der Waals surface area contributed by atoms with Gasteiger partial charge in [0.1, 0.15) is 6.04 Å². The number of fused-ring (bicyclic) bond motifs is 1. The average Bonchev–Trinajstić information content (AvgIpc) is 2.87. The SMILES string of the molecule is CCNC(C(=O)O)c1c[nH]c2ccc(S(=O)(=O)CC)cc12. The van der Waals surface area contributed by atoms with Gasteiger partial charge in [-0.1, -0.05) is 13.8 Å². The molecule has 0 fully saturated rings. The van der Waals surface area contributed by atoms with Crippen LogP contribution in [0.4, 0.5) is 0 Å². The van der Waals surface area contributed by atoms with E-state index in [2.05, 4.69) is 10.3 Å². The van der Waals surface area contributed by atoms with Gasteiger partial charge in [0, 0.05) is 22.7 Å². The summed E-state index contributed by atoms with van der Waals surface area (Å²) in [5.74, 6) is -0.991. The predicted molar refractivity (Wildman–Crippen MR) is 80.1 cm³/mol. The van der Waals surface area contributed by atoms with Crippen LogP contribution in [0.3, 0.4) is 0 Å². The monoisotopic (exact) mass is 310 g/mol. The Morgan fingerprint density at radius 3 is 2.67 bits per heavy atom. The molecule has 0 bridgehead atoms. The first kappa shape index (κ1) is 15.5. The van der Waals surface area contributed by atoms with Crippen LogP contribution in [0, 0.1) is 0 Å². The van der Waals surface area contributed by atoms with Crippen molar-refractivity contribution in [3.63, 3.8) is 0 Å². The second-order valence-electron chi connectivity index (χ2n) is 4.68. The first-order valence-electron chi connectivity index (χ1n) is 6.70. The molecule has 0 saturated carbocycles. The minimum absolute atomic E-state index is 0.00777. The Hall–Kier alpha value is -1.86. The van der Waals surface area contributed by atoms with E-state index in [1.165, 1.54) is 12.1 Å². The highest BCUT2D eigenvalue weighted by molar-refractivity contribution is 7.91. The molecule has 3 N–H and O–H groups in total. The third-order valence-corrected chi connectivity index (χ3v) is 5.12. The van der Waals surface area contributed by atoms with E-state index in [4.69, 9.17) is 0 Å². The summed E-state index contributed by atoms with van der Waals surface area (Å²) in [7, 11) is -3.32. The predicted octanol–water partition coefficient (Wildman–Crippen LogP) is 1.70. The van der Waals surface area contributed by atoms with Gasteiger partial charge in [0.2, 0.25) is 0 Å². The maximum absolute atomic E-state index is 12.0. The van der Waals surface area contributed by atoms with Crippen LogP contribution in [0.2, 0.25) is 0 Å². The van der Waals surface area contributed by atoms with E-state index in [1.807, 2.05) is 6.92 Å². The normalized spacial score (nSPS) is 13.4. The highest BCUT2D eigenvalue weighted by Crippen LogP contribution is 2.27. The number of carboxylic acid groups (broad SMARTS) is 1. The van der Waals surface area contributed by atoms with E-state index in [0.29, 0.717) is 23.0 Å². The van der Waals surface area contributed by atoms with E-state index < -0.39 is 21.8 Å². The highest BCUT2D eigenvalue weighted by atomic mass is 32.2. The van der Waals surface area contributed by atoms with Crippen LogP contribution in [0.15, 0.2) is 29.3 Å². The molecule has 114 valence electrons. The quantitative estimate of drug-likeness (QED) is 0.754. The van der Waals surface area contributed by atoms with Gasteiger partial charge in [-0.15, -0.1) is 0 Å². The van der Waals surface area contributed by atoms with Crippen molar-refractivity contribution in [2.75, 3.05) is 12.3 Å². The van der Waals surface area contributed by atoms with Crippen LogP contribution >= 0.6 is 0 Å². The number of carbonyl (C=O) groups is 1. The van der Waals surface area contributed by atoms with Crippen molar-refractivity contribution in [1.29, 1.82) is 0 Å². The third kappa shape index (κ3) is 2.93. The Labute approximate surface area is 123 Å². The minimum Gasteiger partial charge on any atom is -0.480 e. The van der Waals surface area contributed by atoms with Gasteiger partial charge in [0.25, 0.3) is 0 Å². The number of benzene rings is 1.